The Kier molecular flexibility index (Phi) is 5.03. The van der Waals surface area contributed by atoms with E-state index >= 15 is 0 Å². The Balaban J connectivity index is 0.00000133. The number of nitrogens with zero attached hydrogens (tertiary/aromatic N) is 1. The molecule has 0 radical (unpaired) electrons. The van der Waals surface area contributed by atoms with Gasteiger partial charge in [-0.05, 0) is 18.4 Å². The first-order valence-corrected chi connectivity index (χ1v) is 7.30. The number of fused-ring (bicyclic) bond motifs is 1. The van der Waals surface area contributed by atoms with Crippen LogP contribution in [0, 0.1) is 5.41 Å². The molecule has 3 heteroatoms. The number of hydrogen-bond acceptors (Lipinski definition) is 1. The monoisotopic (exact) mass is 322 g/mol. The van der Waals surface area contributed by atoms with Gasteiger partial charge in [0.05, 0.1) is 0 Å². The topological polar surface area (TPSA) is 27.1 Å². The van der Waals surface area contributed by atoms with E-state index in [-0.39, 0.29) is 17.0 Å². The predicted octanol–water partition coefficient (Wildman–Crippen LogP) is 4.52. The quantitative estimate of drug-likeness (QED) is 0.808. The average Bonchev–Trinajstić information content (AvgIpc) is 2.67. The van der Waals surface area contributed by atoms with Crippen molar-refractivity contribution >= 4 is 22.8 Å². The van der Waals surface area contributed by atoms with Gasteiger partial charge in [0.1, 0.15) is 5.84 Å². The van der Waals surface area contributed by atoms with E-state index in [1.165, 1.54) is 50.5 Å². The summed E-state index contributed by atoms with van der Waals surface area (Å²) in [7, 11) is 0. The van der Waals surface area contributed by atoms with Gasteiger partial charge in [-0.15, -0.1) is 17.0 Å². The van der Waals surface area contributed by atoms with Gasteiger partial charge in [-0.3, -0.25) is 5.41 Å². The molecule has 3 rings (SSSR count). The van der Waals surface area contributed by atoms with Crippen LogP contribution in [0.5, 0.6) is 0 Å². The summed E-state index contributed by atoms with van der Waals surface area (Å²) in [5.74, 6) is 0.760. The van der Waals surface area contributed by atoms with Gasteiger partial charge in [0.2, 0.25) is 0 Å². The Morgan fingerprint density at radius 2 is 1.58 bits per heavy atom. The number of nitrogens with one attached hydrogen (secondary N) is 1. The van der Waals surface area contributed by atoms with Crippen molar-refractivity contribution in [1.29, 1.82) is 5.41 Å². The lowest BCUT2D eigenvalue weighted by molar-refractivity contribution is 0.258. The van der Waals surface area contributed by atoms with Crippen molar-refractivity contribution in [1.82, 2.24) is 4.90 Å². The fourth-order valence-electron chi connectivity index (χ4n) is 3.36. The van der Waals surface area contributed by atoms with Gasteiger partial charge in [-0.2, -0.15) is 0 Å². The summed E-state index contributed by atoms with van der Waals surface area (Å²) in [5.41, 5.74) is 2.49. The lowest BCUT2D eigenvalue weighted by Gasteiger charge is -2.31. The molecule has 2 aliphatic rings. The van der Waals surface area contributed by atoms with Crippen LogP contribution in [0.2, 0.25) is 0 Å². The highest BCUT2D eigenvalue weighted by molar-refractivity contribution is 8.93. The molecule has 2 nitrogen and oxygen atoms in total. The van der Waals surface area contributed by atoms with Gasteiger partial charge in [0, 0.05) is 18.2 Å². The molecule has 1 aromatic rings. The first-order chi connectivity index (χ1) is 8.86. The van der Waals surface area contributed by atoms with Gasteiger partial charge in [0.25, 0.3) is 0 Å². The third-order valence-electron chi connectivity index (χ3n) is 4.42. The second kappa shape index (κ2) is 6.56. The zero-order chi connectivity index (χ0) is 12.4. The van der Waals surface area contributed by atoms with Crippen LogP contribution in [0.25, 0.3) is 0 Å². The van der Waals surface area contributed by atoms with E-state index in [1.807, 2.05) is 0 Å². The van der Waals surface area contributed by atoms with Crippen molar-refractivity contribution in [2.45, 2.75) is 57.5 Å². The normalized spacial score (nSPS) is 20.4. The van der Waals surface area contributed by atoms with Crippen LogP contribution in [0.3, 0.4) is 0 Å². The summed E-state index contributed by atoms with van der Waals surface area (Å²) in [6, 6.07) is 9.01. The molecule has 0 aromatic heterocycles. The molecule has 0 unspecified atom stereocenters. The van der Waals surface area contributed by atoms with E-state index in [4.69, 9.17) is 5.41 Å². The molecule has 0 spiro atoms. The van der Waals surface area contributed by atoms with Crippen LogP contribution in [0.1, 0.15) is 56.1 Å². The molecule has 19 heavy (non-hydrogen) atoms. The Bertz CT molecular complexity index is 436. The standard InChI is InChI=1S/C16H22N2.BrH/c17-16-15-11-7-6-8-13(15)12-18(16)14-9-4-2-1-3-5-10-14;/h6-8,11,14,17H,1-5,9-10,12H2;1H. The van der Waals surface area contributed by atoms with Crippen molar-refractivity contribution in [3.63, 3.8) is 0 Å². The number of halogens is 1. The summed E-state index contributed by atoms with van der Waals surface area (Å²) in [6.07, 6.45) is 9.39. The molecule has 104 valence electrons. The van der Waals surface area contributed by atoms with E-state index in [1.54, 1.807) is 0 Å². The minimum Gasteiger partial charge on any atom is -0.349 e. The van der Waals surface area contributed by atoms with Crippen LogP contribution in [-0.4, -0.2) is 16.8 Å². The average molecular weight is 323 g/mol. The molecule has 1 aliphatic carbocycles. The van der Waals surface area contributed by atoms with Crippen molar-refractivity contribution in [2.24, 2.45) is 0 Å². The molecule has 0 atom stereocenters. The molecule has 1 saturated carbocycles. The highest BCUT2D eigenvalue weighted by atomic mass is 79.9. The lowest BCUT2D eigenvalue weighted by atomic mass is 9.95. The number of rotatable bonds is 1. The minimum absolute atomic E-state index is 0. The Morgan fingerprint density at radius 3 is 2.26 bits per heavy atom. The molecule has 1 heterocycles. The van der Waals surface area contributed by atoms with Crippen LogP contribution < -0.4 is 0 Å². The number of hydrogen-bond donors (Lipinski definition) is 1. The summed E-state index contributed by atoms with van der Waals surface area (Å²) in [6.45, 7) is 0.958. The molecule has 0 amide bonds. The van der Waals surface area contributed by atoms with Crippen LogP contribution in [0.15, 0.2) is 24.3 Å². The molecule has 1 fully saturated rings. The van der Waals surface area contributed by atoms with Crippen LogP contribution in [0.4, 0.5) is 0 Å². The Labute approximate surface area is 126 Å². The SMILES string of the molecule is Br.N=C1c2ccccc2CN1C1CCCCCCC1. The lowest BCUT2D eigenvalue weighted by Crippen LogP contribution is -2.36. The fraction of sp³-hybridized carbons (Fsp3) is 0.562. The van der Waals surface area contributed by atoms with Gasteiger partial charge < -0.3 is 4.90 Å². The number of amidine groups is 1. The summed E-state index contributed by atoms with van der Waals surface area (Å²) in [5, 5.41) is 8.38. The molecular formula is C16H23BrN2. The minimum atomic E-state index is 0. The second-order valence-corrected chi connectivity index (χ2v) is 5.63. The van der Waals surface area contributed by atoms with Gasteiger partial charge in [-0.1, -0.05) is 56.4 Å². The van der Waals surface area contributed by atoms with E-state index in [0.717, 1.165) is 17.9 Å². The van der Waals surface area contributed by atoms with E-state index in [9.17, 15) is 0 Å². The Hall–Kier alpha value is -0.830. The number of benzene rings is 1. The predicted molar refractivity (Wildman–Crippen MR) is 85.2 cm³/mol. The van der Waals surface area contributed by atoms with E-state index < -0.39 is 0 Å². The molecule has 1 aliphatic heterocycles. The van der Waals surface area contributed by atoms with Crippen molar-refractivity contribution in [2.75, 3.05) is 0 Å². The van der Waals surface area contributed by atoms with Crippen LogP contribution >= 0.6 is 17.0 Å². The highest BCUT2D eigenvalue weighted by Crippen LogP contribution is 2.29. The maximum Gasteiger partial charge on any atom is 0.128 e. The maximum atomic E-state index is 8.38. The summed E-state index contributed by atoms with van der Waals surface area (Å²) < 4.78 is 0. The summed E-state index contributed by atoms with van der Waals surface area (Å²) in [4.78, 5) is 2.34. The van der Waals surface area contributed by atoms with Gasteiger partial charge >= 0.3 is 0 Å². The Morgan fingerprint density at radius 1 is 0.947 bits per heavy atom. The fourth-order valence-corrected chi connectivity index (χ4v) is 3.36. The molecular weight excluding hydrogens is 300 g/mol. The van der Waals surface area contributed by atoms with Crippen LogP contribution in [-0.2, 0) is 6.54 Å². The largest absolute Gasteiger partial charge is 0.349 e. The van der Waals surface area contributed by atoms with E-state index in [2.05, 4.69) is 29.2 Å². The third-order valence-corrected chi connectivity index (χ3v) is 4.42. The van der Waals surface area contributed by atoms with Gasteiger partial charge in [-0.25, -0.2) is 0 Å². The maximum absolute atomic E-state index is 8.38. The smallest absolute Gasteiger partial charge is 0.128 e. The molecule has 1 N–H and O–H groups in total. The summed E-state index contributed by atoms with van der Waals surface area (Å²) >= 11 is 0. The van der Waals surface area contributed by atoms with Crippen molar-refractivity contribution in [3.05, 3.63) is 35.4 Å². The first kappa shape index (κ1) is 14.6. The van der Waals surface area contributed by atoms with Crippen molar-refractivity contribution < 1.29 is 0 Å². The molecule has 0 saturated heterocycles. The van der Waals surface area contributed by atoms with Crippen molar-refractivity contribution in [3.8, 4) is 0 Å². The first-order valence-electron chi connectivity index (χ1n) is 7.30. The van der Waals surface area contributed by atoms with E-state index in [0.29, 0.717) is 6.04 Å². The zero-order valence-electron chi connectivity index (χ0n) is 11.4. The second-order valence-electron chi connectivity index (χ2n) is 5.63. The molecule has 0 bridgehead atoms. The van der Waals surface area contributed by atoms with Gasteiger partial charge in [0.15, 0.2) is 0 Å². The third kappa shape index (κ3) is 3.02. The zero-order valence-corrected chi connectivity index (χ0v) is 13.1. The molecule has 1 aromatic carbocycles. The highest BCUT2D eigenvalue weighted by Gasteiger charge is 2.29.